The lowest BCUT2D eigenvalue weighted by Crippen LogP contribution is -2.52. The number of benzene rings is 1. The van der Waals surface area contributed by atoms with Crippen molar-refractivity contribution >= 4 is 17.9 Å². The molecule has 0 aliphatic heterocycles. The van der Waals surface area contributed by atoms with Gasteiger partial charge in [-0.1, -0.05) is 50.8 Å². The number of carbonyl (C=O) groups excluding carboxylic acids is 3. The van der Waals surface area contributed by atoms with Crippen molar-refractivity contribution in [1.82, 2.24) is 16.0 Å². The summed E-state index contributed by atoms with van der Waals surface area (Å²) in [4.78, 5) is 37.8. The Kier molecular flexibility index (Phi) is 13.5. The molecule has 2 atom stereocenters. The largest absolute Gasteiger partial charge is 0.447 e. The van der Waals surface area contributed by atoms with E-state index >= 15 is 0 Å². The van der Waals surface area contributed by atoms with E-state index < -0.39 is 24.1 Å². The average Bonchev–Trinajstić information content (AvgIpc) is 2.78. The van der Waals surface area contributed by atoms with Gasteiger partial charge in [0.25, 0.3) is 0 Å². The molecule has 1 aromatic rings. The highest BCUT2D eigenvalue weighted by Crippen LogP contribution is 2.12. The van der Waals surface area contributed by atoms with Gasteiger partial charge >= 0.3 is 6.09 Å². The van der Waals surface area contributed by atoms with Crippen LogP contribution in [0.15, 0.2) is 42.5 Å². The van der Waals surface area contributed by atoms with Gasteiger partial charge in [-0.25, -0.2) is 4.79 Å². The van der Waals surface area contributed by atoms with E-state index in [0.29, 0.717) is 26.0 Å². The zero-order valence-corrected chi connectivity index (χ0v) is 20.0. The summed E-state index contributed by atoms with van der Waals surface area (Å²) in [5.41, 5.74) is 1.15. The maximum absolute atomic E-state index is 13.1. The third-order valence-corrected chi connectivity index (χ3v) is 4.74. The van der Waals surface area contributed by atoms with Crippen LogP contribution in [0.1, 0.15) is 25.8 Å². The molecule has 184 valence electrons. The van der Waals surface area contributed by atoms with Gasteiger partial charge in [-0.2, -0.15) is 0 Å². The Morgan fingerprint density at radius 2 is 1.61 bits per heavy atom. The highest BCUT2D eigenvalue weighted by Gasteiger charge is 2.27. The fraction of sp³-hybridized carbons (Fsp3) is 0.542. The predicted molar refractivity (Wildman–Crippen MR) is 126 cm³/mol. The second-order valence-electron chi connectivity index (χ2n) is 7.98. The number of amides is 3. The maximum Gasteiger partial charge on any atom is 0.407 e. The van der Waals surface area contributed by atoms with Crippen molar-refractivity contribution in [3.05, 3.63) is 48.0 Å². The number of rotatable bonds is 15. The fourth-order valence-electron chi connectivity index (χ4n) is 3.03. The van der Waals surface area contributed by atoms with Crippen LogP contribution in [0.25, 0.3) is 0 Å². The number of alkyl carbamates (subject to hydrolysis) is 1. The van der Waals surface area contributed by atoms with E-state index in [1.165, 1.54) is 7.11 Å². The topological polar surface area (TPSA) is 115 Å². The predicted octanol–water partition coefficient (Wildman–Crippen LogP) is 1.82. The summed E-state index contributed by atoms with van der Waals surface area (Å²) >= 11 is 0. The van der Waals surface area contributed by atoms with Gasteiger partial charge in [-0.15, -0.1) is 0 Å². The molecule has 0 aliphatic carbocycles. The molecule has 1 aromatic carbocycles. The molecule has 1 rings (SSSR count). The molecule has 0 fully saturated rings. The highest BCUT2D eigenvalue weighted by atomic mass is 16.6. The fourth-order valence-corrected chi connectivity index (χ4v) is 3.03. The van der Waals surface area contributed by atoms with Crippen molar-refractivity contribution in [3.63, 3.8) is 0 Å². The Balaban J connectivity index is 2.95. The lowest BCUT2D eigenvalue weighted by molar-refractivity contribution is -0.124. The maximum atomic E-state index is 13.1. The second-order valence-corrected chi connectivity index (χ2v) is 7.98. The van der Waals surface area contributed by atoms with E-state index in [9.17, 15) is 14.4 Å². The molecular formula is C24H37N3O6. The van der Waals surface area contributed by atoms with Gasteiger partial charge in [0, 0.05) is 26.3 Å². The van der Waals surface area contributed by atoms with E-state index in [-0.39, 0.29) is 30.6 Å². The summed E-state index contributed by atoms with van der Waals surface area (Å²) in [6.45, 7) is 8.83. The lowest BCUT2D eigenvalue weighted by Gasteiger charge is -2.25. The number of ether oxygens (including phenoxy) is 3. The van der Waals surface area contributed by atoms with E-state index in [4.69, 9.17) is 14.2 Å². The molecular weight excluding hydrogens is 426 g/mol. The molecule has 0 spiro atoms. The zero-order valence-electron chi connectivity index (χ0n) is 20.0. The quantitative estimate of drug-likeness (QED) is 0.270. The molecule has 9 heteroatoms. The first-order valence-corrected chi connectivity index (χ1v) is 11.0. The van der Waals surface area contributed by atoms with Gasteiger partial charge in [-0.3, -0.25) is 9.59 Å². The minimum absolute atomic E-state index is 0.0768. The molecule has 3 amide bonds. The molecule has 0 aliphatic rings. The Labute approximate surface area is 196 Å². The molecule has 0 saturated carbocycles. The molecule has 0 bridgehead atoms. The first-order valence-electron chi connectivity index (χ1n) is 11.0. The van der Waals surface area contributed by atoms with E-state index in [1.54, 1.807) is 7.11 Å². The van der Waals surface area contributed by atoms with Crippen LogP contribution in [0.3, 0.4) is 0 Å². The van der Waals surface area contributed by atoms with E-state index in [0.717, 1.165) is 5.56 Å². The van der Waals surface area contributed by atoms with Crippen LogP contribution >= 0.6 is 0 Å². The molecule has 9 nitrogen and oxygen atoms in total. The first kappa shape index (κ1) is 28.1. The Hall–Kier alpha value is -2.91. The van der Waals surface area contributed by atoms with Gasteiger partial charge in [0.1, 0.15) is 12.6 Å². The lowest BCUT2D eigenvalue weighted by atomic mass is 9.97. The normalized spacial score (nSPS) is 12.5. The van der Waals surface area contributed by atoms with Gasteiger partial charge in [-0.05, 0) is 24.3 Å². The standard InChI is InChI=1S/C24H37N3O6/c1-17(2)15-21(27-24(30)33-14-13-32-5)23(29)26-20(16-19-9-7-6-8-10-19)18(3)22(28)25-11-12-31-4/h6-10,17,20-21H,3,11-16H2,1-2,4-5H3,(H,25,28)(H,26,29)(H,27,30)/t20-,21?/m0/s1. The van der Waals surface area contributed by atoms with Crippen LogP contribution < -0.4 is 16.0 Å². The monoisotopic (exact) mass is 463 g/mol. The summed E-state index contributed by atoms with van der Waals surface area (Å²) in [7, 11) is 3.04. The van der Waals surface area contributed by atoms with Crippen LogP contribution in [0.2, 0.25) is 0 Å². The number of hydrogen-bond acceptors (Lipinski definition) is 6. The first-order chi connectivity index (χ1) is 15.8. The van der Waals surface area contributed by atoms with Crippen molar-refractivity contribution in [3.8, 4) is 0 Å². The molecule has 1 unspecified atom stereocenters. The molecule has 0 heterocycles. The SMILES string of the molecule is C=C(C(=O)NCCOC)[C@H](Cc1ccccc1)NC(=O)C(CC(C)C)NC(=O)OCCOC. The van der Waals surface area contributed by atoms with E-state index in [2.05, 4.69) is 22.5 Å². The van der Waals surface area contributed by atoms with Crippen LogP contribution in [0.4, 0.5) is 4.79 Å². The summed E-state index contributed by atoms with van der Waals surface area (Å²) in [5.74, 6) is -0.659. The van der Waals surface area contributed by atoms with Crippen molar-refractivity contribution in [2.75, 3.05) is 40.6 Å². The van der Waals surface area contributed by atoms with Crippen LogP contribution in [0.5, 0.6) is 0 Å². The van der Waals surface area contributed by atoms with Crippen LogP contribution in [-0.4, -0.2) is 70.6 Å². The van der Waals surface area contributed by atoms with Crippen molar-refractivity contribution in [2.24, 2.45) is 5.92 Å². The third-order valence-electron chi connectivity index (χ3n) is 4.74. The minimum Gasteiger partial charge on any atom is -0.447 e. The van der Waals surface area contributed by atoms with Crippen LogP contribution in [-0.2, 0) is 30.2 Å². The molecule has 0 saturated heterocycles. The molecule has 33 heavy (non-hydrogen) atoms. The Bertz CT molecular complexity index is 754. The summed E-state index contributed by atoms with van der Waals surface area (Å²) in [6.07, 6.45) is 0.0644. The van der Waals surface area contributed by atoms with Crippen molar-refractivity contribution in [1.29, 1.82) is 0 Å². The molecule has 0 aromatic heterocycles. The van der Waals surface area contributed by atoms with Gasteiger partial charge < -0.3 is 30.2 Å². The number of nitrogens with one attached hydrogen (secondary N) is 3. The molecule has 0 radical (unpaired) electrons. The number of methoxy groups -OCH3 is 2. The summed E-state index contributed by atoms with van der Waals surface area (Å²) in [6, 6.07) is 7.98. The van der Waals surface area contributed by atoms with Crippen LogP contribution in [0, 0.1) is 5.92 Å². The Morgan fingerprint density at radius 1 is 0.939 bits per heavy atom. The molecule has 3 N–H and O–H groups in total. The van der Waals surface area contributed by atoms with Gasteiger partial charge in [0.15, 0.2) is 0 Å². The average molecular weight is 464 g/mol. The summed E-state index contributed by atoms with van der Waals surface area (Å²) < 4.78 is 14.9. The highest BCUT2D eigenvalue weighted by molar-refractivity contribution is 5.95. The smallest absolute Gasteiger partial charge is 0.407 e. The van der Waals surface area contributed by atoms with E-state index in [1.807, 2.05) is 44.2 Å². The Morgan fingerprint density at radius 3 is 2.21 bits per heavy atom. The number of hydrogen-bond donors (Lipinski definition) is 3. The van der Waals surface area contributed by atoms with Crippen molar-refractivity contribution in [2.45, 2.75) is 38.8 Å². The minimum atomic E-state index is -0.831. The van der Waals surface area contributed by atoms with Crippen molar-refractivity contribution < 1.29 is 28.6 Å². The third kappa shape index (κ3) is 11.5. The number of carbonyl (C=O) groups is 3. The zero-order chi connectivity index (χ0) is 24.6. The second kappa shape index (κ2) is 15.8. The van der Waals surface area contributed by atoms with Gasteiger partial charge in [0.2, 0.25) is 11.8 Å². The summed E-state index contributed by atoms with van der Waals surface area (Å²) in [5, 5.41) is 8.23. The van der Waals surface area contributed by atoms with Gasteiger partial charge in [0.05, 0.1) is 19.3 Å².